The lowest BCUT2D eigenvalue weighted by Crippen LogP contribution is -1.82. The largest absolute Gasteiger partial charge is 0.0848 e. The lowest BCUT2D eigenvalue weighted by atomic mass is 10.1. The highest BCUT2D eigenvalue weighted by Gasteiger charge is 2.22. The number of allylic oxidation sites excluding steroid dienone is 1. The Morgan fingerprint density at radius 3 is 2.86 bits per heavy atom. The van der Waals surface area contributed by atoms with E-state index in [1.54, 1.807) is 0 Å². The van der Waals surface area contributed by atoms with Crippen LogP contribution in [-0.2, 0) is 0 Å². The average Bonchev–Trinajstić information content (AvgIpc) is 2.98. The fraction of sp³-hybridized carbons (Fsp3) is 0.385. The minimum Gasteiger partial charge on any atom is -0.0848 e. The minimum absolute atomic E-state index is 0.451. The van der Waals surface area contributed by atoms with Gasteiger partial charge in [-0.3, -0.25) is 0 Å². The van der Waals surface area contributed by atoms with Crippen LogP contribution in [0.5, 0.6) is 0 Å². The zero-order valence-corrected chi connectivity index (χ0v) is 10.00. The van der Waals surface area contributed by atoms with Gasteiger partial charge < -0.3 is 0 Å². The maximum Gasteiger partial charge on any atom is 0.0300 e. The normalized spacial score (nSPS) is 18.7. The monoisotopic (exact) mass is 250 g/mol. The quantitative estimate of drug-likeness (QED) is 0.700. The standard InChI is InChI=1S/C13H15Br/c1-10(14)5-6-11-3-2-4-13(9-11)12-7-8-12/h2-6,9-10,12H,7-8H2,1H3/b6-5+. The van der Waals surface area contributed by atoms with Crippen LogP contribution in [0.2, 0.25) is 0 Å². The van der Waals surface area contributed by atoms with Gasteiger partial charge in [0.1, 0.15) is 0 Å². The van der Waals surface area contributed by atoms with Crippen LogP contribution in [0.25, 0.3) is 6.08 Å². The molecule has 1 fully saturated rings. The van der Waals surface area contributed by atoms with Gasteiger partial charge in [-0.25, -0.2) is 0 Å². The molecule has 0 saturated heterocycles. The van der Waals surface area contributed by atoms with Crippen LogP contribution in [0.4, 0.5) is 0 Å². The second-order valence-electron chi connectivity index (χ2n) is 3.98. The minimum atomic E-state index is 0.451. The van der Waals surface area contributed by atoms with Gasteiger partial charge >= 0.3 is 0 Å². The molecule has 1 saturated carbocycles. The SMILES string of the molecule is CC(Br)/C=C/c1cccc(C2CC2)c1. The summed E-state index contributed by atoms with van der Waals surface area (Å²) in [5, 5.41) is 0. The summed E-state index contributed by atoms with van der Waals surface area (Å²) in [4.78, 5) is 0.451. The summed E-state index contributed by atoms with van der Waals surface area (Å²) in [7, 11) is 0. The van der Waals surface area contributed by atoms with Crippen molar-refractivity contribution in [3.63, 3.8) is 0 Å². The van der Waals surface area contributed by atoms with E-state index in [9.17, 15) is 0 Å². The van der Waals surface area contributed by atoms with E-state index in [1.807, 2.05) is 0 Å². The first-order valence-electron chi connectivity index (χ1n) is 5.18. The fourth-order valence-corrected chi connectivity index (χ4v) is 1.73. The van der Waals surface area contributed by atoms with Gasteiger partial charge in [-0.2, -0.15) is 0 Å². The van der Waals surface area contributed by atoms with Crippen LogP contribution in [0, 0.1) is 0 Å². The molecule has 0 aliphatic heterocycles. The van der Waals surface area contributed by atoms with Crippen molar-refractivity contribution >= 4 is 22.0 Å². The number of hydrogen-bond acceptors (Lipinski definition) is 0. The van der Waals surface area contributed by atoms with Crippen LogP contribution >= 0.6 is 15.9 Å². The van der Waals surface area contributed by atoms with E-state index in [1.165, 1.54) is 24.0 Å². The highest BCUT2D eigenvalue weighted by molar-refractivity contribution is 9.09. The van der Waals surface area contributed by atoms with Crippen molar-refractivity contribution in [2.24, 2.45) is 0 Å². The maximum atomic E-state index is 3.50. The smallest absolute Gasteiger partial charge is 0.0300 e. The van der Waals surface area contributed by atoms with Gasteiger partial charge in [0.05, 0.1) is 0 Å². The Morgan fingerprint density at radius 2 is 2.21 bits per heavy atom. The molecule has 0 bridgehead atoms. The van der Waals surface area contributed by atoms with Gasteiger partial charge in [0.25, 0.3) is 0 Å². The van der Waals surface area contributed by atoms with Crippen molar-refractivity contribution in [3.05, 3.63) is 41.5 Å². The lowest BCUT2D eigenvalue weighted by Gasteiger charge is -2.00. The van der Waals surface area contributed by atoms with E-state index < -0.39 is 0 Å². The van der Waals surface area contributed by atoms with E-state index in [4.69, 9.17) is 0 Å². The molecule has 0 aromatic heterocycles. The van der Waals surface area contributed by atoms with E-state index in [0.29, 0.717) is 4.83 Å². The summed E-state index contributed by atoms with van der Waals surface area (Å²) in [6, 6.07) is 8.88. The van der Waals surface area contributed by atoms with Gasteiger partial charge in [0.15, 0.2) is 0 Å². The molecule has 0 spiro atoms. The molecule has 0 radical (unpaired) electrons. The van der Waals surface area contributed by atoms with Crippen molar-refractivity contribution < 1.29 is 0 Å². The summed E-state index contributed by atoms with van der Waals surface area (Å²) >= 11 is 3.50. The summed E-state index contributed by atoms with van der Waals surface area (Å²) in [6.45, 7) is 2.13. The predicted octanol–water partition coefficient (Wildman–Crippen LogP) is 4.36. The van der Waals surface area contributed by atoms with Gasteiger partial charge in [-0.05, 0) is 36.8 Å². The van der Waals surface area contributed by atoms with Crippen molar-refractivity contribution in [1.82, 2.24) is 0 Å². The molecular formula is C13H15Br. The Balaban J connectivity index is 2.13. The third-order valence-electron chi connectivity index (χ3n) is 2.51. The second kappa shape index (κ2) is 4.31. The van der Waals surface area contributed by atoms with Crippen LogP contribution in [0.3, 0.4) is 0 Å². The number of alkyl halides is 1. The summed E-state index contributed by atoms with van der Waals surface area (Å²) in [6.07, 6.45) is 7.11. The Kier molecular flexibility index (Phi) is 3.07. The summed E-state index contributed by atoms with van der Waals surface area (Å²) in [5.74, 6) is 0.852. The zero-order valence-electron chi connectivity index (χ0n) is 8.41. The molecular weight excluding hydrogens is 236 g/mol. The molecule has 1 aromatic carbocycles. The van der Waals surface area contributed by atoms with Crippen LogP contribution in [0.1, 0.15) is 36.8 Å². The molecule has 1 heteroatoms. The van der Waals surface area contributed by atoms with Crippen molar-refractivity contribution in [2.45, 2.75) is 30.5 Å². The lowest BCUT2D eigenvalue weighted by molar-refractivity contribution is 1.13. The van der Waals surface area contributed by atoms with Crippen LogP contribution in [-0.4, -0.2) is 4.83 Å². The summed E-state index contributed by atoms with van der Waals surface area (Å²) in [5.41, 5.74) is 2.83. The van der Waals surface area contributed by atoms with E-state index in [-0.39, 0.29) is 0 Å². The molecule has 74 valence electrons. The van der Waals surface area contributed by atoms with Gasteiger partial charge in [0.2, 0.25) is 0 Å². The van der Waals surface area contributed by atoms with Gasteiger partial charge in [0, 0.05) is 4.83 Å². The fourth-order valence-electron chi connectivity index (χ4n) is 1.58. The van der Waals surface area contributed by atoms with E-state index >= 15 is 0 Å². The molecule has 1 atom stereocenters. The number of halogens is 1. The average molecular weight is 251 g/mol. The molecule has 1 aromatic rings. The first-order chi connectivity index (χ1) is 6.75. The predicted molar refractivity (Wildman–Crippen MR) is 65.8 cm³/mol. The Morgan fingerprint density at radius 1 is 1.43 bits per heavy atom. The van der Waals surface area contributed by atoms with Crippen molar-refractivity contribution in [1.29, 1.82) is 0 Å². The third-order valence-corrected chi connectivity index (χ3v) is 2.82. The highest BCUT2D eigenvalue weighted by Crippen LogP contribution is 2.40. The van der Waals surface area contributed by atoms with E-state index in [0.717, 1.165) is 5.92 Å². The Hall–Kier alpha value is -0.560. The molecule has 1 aliphatic rings. The molecule has 1 aliphatic carbocycles. The van der Waals surface area contributed by atoms with Gasteiger partial charge in [-0.1, -0.05) is 52.3 Å². The molecule has 0 N–H and O–H groups in total. The van der Waals surface area contributed by atoms with Crippen molar-refractivity contribution in [2.75, 3.05) is 0 Å². The molecule has 0 amide bonds. The van der Waals surface area contributed by atoms with E-state index in [2.05, 4.69) is 59.3 Å². The number of rotatable bonds is 3. The maximum absolute atomic E-state index is 3.50. The summed E-state index contributed by atoms with van der Waals surface area (Å²) < 4.78 is 0. The molecule has 0 nitrogen and oxygen atoms in total. The second-order valence-corrected chi connectivity index (χ2v) is 5.43. The zero-order chi connectivity index (χ0) is 9.97. The first-order valence-corrected chi connectivity index (χ1v) is 6.09. The molecule has 2 rings (SSSR count). The van der Waals surface area contributed by atoms with Crippen molar-refractivity contribution in [3.8, 4) is 0 Å². The Bertz CT molecular complexity index is 335. The molecule has 1 unspecified atom stereocenters. The van der Waals surface area contributed by atoms with Crippen LogP contribution in [0.15, 0.2) is 30.3 Å². The first kappa shape index (κ1) is 9.97. The Labute approximate surface area is 94.2 Å². The highest BCUT2D eigenvalue weighted by atomic mass is 79.9. The topological polar surface area (TPSA) is 0 Å². The number of hydrogen-bond donors (Lipinski definition) is 0. The molecule has 0 heterocycles. The number of benzene rings is 1. The van der Waals surface area contributed by atoms with Gasteiger partial charge in [-0.15, -0.1) is 0 Å². The van der Waals surface area contributed by atoms with Crippen LogP contribution < -0.4 is 0 Å². The third kappa shape index (κ3) is 2.71. The molecule has 14 heavy (non-hydrogen) atoms.